The summed E-state index contributed by atoms with van der Waals surface area (Å²) in [5.74, 6) is 2.53. The fourth-order valence-electron chi connectivity index (χ4n) is 10.1. The number of ether oxygens (including phenoxy) is 1. The van der Waals surface area contributed by atoms with Crippen molar-refractivity contribution in [3.8, 4) is 0 Å². The number of Topliss-reactive ketones (excluding diaryl/α,β-unsaturated/α-hetero) is 1. The van der Waals surface area contributed by atoms with Crippen LogP contribution in [0.15, 0.2) is 29.3 Å². The van der Waals surface area contributed by atoms with Gasteiger partial charge in [-0.1, -0.05) is 95.1 Å². The number of rotatable bonds is 6. The molecular weight excluding hydrogens is 537 g/mol. The van der Waals surface area contributed by atoms with Gasteiger partial charge in [0.15, 0.2) is 5.78 Å². The molecule has 3 fully saturated rings. The Morgan fingerprint density at radius 1 is 1.05 bits per heavy atom. The Hall–Kier alpha value is -1.32. The van der Waals surface area contributed by atoms with Crippen molar-refractivity contribution in [3.05, 3.63) is 45.0 Å². The summed E-state index contributed by atoms with van der Waals surface area (Å²) in [6.45, 7) is 12.5. The number of ketones is 1. The molecule has 5 rings (SSSR count). The highest BCUT2D eigenvalue weighted by Gasteiger charge is 2.60. The van der Waals surface area contributed by atoms with Gasteiger partial charge >= 0.3 is 0 Å². The van der Waals surface area contributed by atoms with E-state index in [1.807, 2.05) is 0 Å². The Kier molecular flexibility index (Phi) is 8.59. The molecule has 40 heavy (non-hydrogen) atoms. The predicted molar refractivity (Wildman–Crippen MR) is 166 cm³/mol. The van der Waals surface area contributed by atoms with E-state index in [9.17, 15) is 4.79 Å². The molecular formula is C35H49Cl2NO2. The highest BCUT2D eigenvalue weighted by molar-refractivity contribution is 6.39. The lowest BCUT2D eigenvalue weighted by Crippen LogP contribution is -2.53. The van der Waals surface area contributed by atoms with Crippen LogP contribution in [-0.2, 0) is 9.53 Å². The fourth-order valence-corrected chi connectivity index (χ4v) is 10.7. The molecule has 3 nitrogen and oxygen atoms in total. The predicted octanol–water partition coefficient (Wildman–Crippen LogP) is 10.5. The van der Waals surface area contributed by atoms with E-state index in [1.54, 1.807) is 18.2 Å². The SMILES string of the molecule is CCC1(C)CCCCCC2(C)C3CCC4(CCOC(=N)c5c(Cl)cccc5Cl)CC(=O)C(C(C)C)=C4C3CCC12. The molecule has 1 N–H and O–H groups in total. The van der Waals surface area contributed by atoms with Gasteiger partial charge in [-0.25, -0.2) is 0 Å². The number of benzene rings is 1. The van der Waals surface area contributed by atoms with Gasteiger partial charge in [-0.3, -0.25) is 10.2 Å². The number of fused-ring (bicyclic) bond motifs is 5. The summed E-state index contributed by atoms with van der Waals surface area (Å²) in [6.07, 6.45) is 14.2. The Labute approximate surface area is 252 Å². The highest BCUT2D eigenvalue weighted by atomic mass is 35.5. The molecule has 0 spiro atoms. The van der Waals surface area contributed by atoms with Gasteiger partial charge in [-0.2, -0.15) is 0 Å². The zero-order valence-electron chi connectivity index (χ0n) is 25.3. The molecule has 6 unspecified atom stereocenters. The van der Waals surface area contributed by atoms with Crippen LogP contribution in [0.5, 0.6) is 0 Å². The fraction of sp³-hybridized carbons (Fsp3) is 0.714. The Bertz CT molecular complexity index is 1170. The Balaban J connectivity index is 1.44. The maximum absolute atomic E-state index is 13.7. The zero-order valence-corrected chi connectivity index (χ0v) is 26.8. The molecule has 4 aliphatic rings. The quantitative estimate of drug-likeness (QED) is 0.266. The molecule has 5 heteroatoms. The topological polar surface area (TPSA) is 50.1 Å². The third kappa shape index (κ3) is 5.00. The van der Waals surface area contributed by atoms with Crippen LogP contribution in [0.2, 0.25) is 10.0 Å². The van der Waals surface area contributed by atoms with Gasteiger partial charge < -0.3 is 4.74 Å². The second kappa shape index (κ2) is 11.4. The molecule has 0 amide bonds. The van der Waals surface area contributed by atoms with Crippen molar-refractivity contribution in [2.24, 2.45) is 39.9 Å². The minimum Gasteiger partial charge on any atom is -0.478 e. The molecule has 4 aliphatic carbocycles. The minimum atomic E-state index is -0.138. The first-order valence-corrected chi connectivity index (χ1v) is 16.7. The number of halogens is 2. The maximum atomic E-state index is 13.7. The number of hydrogen-bond acceptors (Lipinski definition) is 3. The molecule has 1 aromatic rings. The van der Waals surface area contributed by atoms with Crippen molar-refractivity contribution in [2.75, 3.05) is 6.61 Å². The molecule has 0 bridgehead atoms. The summed E-state index contributed by atoms with van der Waals surface area (Å²) in [4.78, 5) is 13.7. The molecule has 3 saturated carbocycles. The first-order valence-electron chi connectivity index (χ1n) is 15.9. The number of carbonyl (C=O) groups is 1. The smallest absolute Gasteiger partial charge is 0.216 e. The van der Waals surface area contributed by atoms with Gasteiger partial charge in [-0.15, -0.1) is 0 Å². The summed E-state index contributed by atoms with van der Waals surface area (Å²) < 4.78 is 6.02. The second-order valence-electron chi connectivity index (χ2n) is 14.3. The van der Waals surface area contributed by atoms with E-state index in [0.717, 1.165) is 24.3 Å². The molecule has 0 aromatic heterocycles. The number of carbonyl (C=O) groups excluding carboxylic acids is 1. The average Bonchev–Trinajstić information content (AvgIpc) is 3.20. The lowest BCUT2D eigenvalue weighted by Gasteiger charge is -2.62. The average molecular weight is 587 g/mol. The van der Waals surface area contributed by atoms with Crippen LogP contribution in [0, 0.1) is 45.3 Å². The van der Waals surface area contributed by atoms with E-state index in [0.29, 0.717) is 57.1 Å². The summed E-state index contributed by atoms with van der Waals surface area (Å²) >= 11 is 12.7. The van der Waals surface area contributed by atoms with Crippen LogP contribution in [0.4, 0.5) is 0 Å². The standard InChI is InChI=1S/C35H49Cl2NO2/c1-6-33(4)16-8-7-9-17-34(5)24-15-18-35(19-20-40-32(38)30-25(36)11-10-12-26(30)37)21-27(39)29(22(2)3)31(35)23(24)13-14-28(33)34/h10-12,22-24,28,38H,6-9,13-21H2,1-5H3. The van der Waals surface area contributed by atoms with E-state index >= 15 is 0 Å². The summed E-state index contributed by atoms with van der Waals surface area (Å²) in [5.41, 5.74) is 3.69. The summed E-state index contributed by atoms with van der Waals surface area (Å²) in [5, 5.41) is 9.42. The van der Waals surface area contributed by atoms with Crippen LogP contribution in [-0.4, -0.2) is 18.3 Å². The van der Waals surface area contributed by atoms with E-state index in [-0.39, 0.29) is 17.2 Å². The van der Waals surface area contributed by atoms with Crippen molar-refractivity contribution in [3.63, 3.8) is 0 Å². The van der Waals surface area contributed by atoms with Gasteiger partial charge in [0.05, 0.1) is 22.2 Å². The van der Waals surface area contributed by atoms with Crippen molar-refractivity contribution >= 4 is 34.9 Å². The lowest BCUT2D eigenvalue weighted by molar-refractivity contribution is -0.117. The van der Waals surface area contributed by atoms with E-state index in [4.69, 9.17) is 33.3 Å². The Morgan fingerprint density at radius 3 is 2.42 bits per heavy atom. The molecule has 0 saturated heterocycles. The highest BCUT2D eigenvalue weighted by Crippen LogP contribution is 2.68. The number of hydrogen-bond donors (Lipinski definition) is 1. The summed E-state index contributed by atoms with van der Waals surface area (Å²) in [6, 6.07) is 5.26. The van der Waals surface area contributed by atoms with Gasteiger partial charge in [0.1, 0.15) is 0 Å². The van der Waals surface area contributed by atoms with Crippen LogP contribution in [0.3, 0.4) is 0 Å². The number of allylic oxidation sites excluding steroid dienone is 2. The van der Waals surface area contributed by atoms with Gasteiger partial charge in [0, 0.05) is 11.8 Å². The molecule has 1 aromatic carbocycles. The summed E-state index contributed by atoms with van der Waals surface area (Å²) in [7, 11) is 0. The minimum absolute atomic E-state index is 0.0148. The molecule has 0 radical (unpaired) electrons. The maximum Gasteiger partial charge on any atom is 0.216 e. The van der Waals surface area contributed by atoms with Crippen LogP contribution < -0.4 is 0 Å². The van der Waals surface area contributed by atoms with Crippen molar-refractivity contribution in [1.29, 1.82) is 5.41 Å². The van der Waals surface area contributed by atoms with Gasteiger partial charge in [-0.05, 0) is 97.2 Å². The van der Waals surface area contributed by atoms with Crippen LogP contribution in [0.1, 0.15) is 117 Å². The monoisotopic (exact) mass is 585 g/mol. The molecule has 6 atom stereocenters. The van der Waals surface area contributed by atoms with Crippen molar-refractivity contribution in [1.82, 2.24) is 0 Å². The molecule has 0 heterocycles. The normalized spacial score (nSPS) is 36.0. The van der Waals surface area contributed by atoms with Crippen LogP contribution >= 0.6 is 23.2 Å². The first-order chi connectivity index (χ1) is 19.0. The molecule has 0 aliphatic heterocycles. The zero-order chi connectivity index (χ0) is 28.9. The van der Waals surface area contributed by atoms with E-state index in [2.05, 4.69) is 34.6 Å². The first kappa shape index (κ1) is 30.1. The molecule has 220 valence electrons. The second-order valence-corrected chi connectivity index (χ2v) is 15.2. The van der Waals surface area contributed by atoms with E-state index < -0.39 is 0 Å². The number of nitrogens with one attached hydrogen (secondary N) is 1. The van der Waals surface area contributed by atoms with Crippen LogP contribution in [0.25, 0.3) is 0 Å². The third-order valence-corrected chi connectivity index (χ3v) is 12.7. The Morgan fingerprint density at radius 2 is 1.75 bits per heavy atom. The lowest BCUT2D eigenvalue weighted by atomic mass is 9.43. The van der Waals surface area contributed by atoms with E-state index in [1.165, 1.54) is 63.4 Å². The van der Waals surface area contributed by atoms with Gasteiger partial charge in [0.25, 0.3) is 0 Å². The van der Waals surface area contributed by atoms with Gasteiger partial charge in [0.2, 0.25) is 5.90 Å². The van der Waals surface area contributed by atoms with Crippen molar-refractivity contribution in [2.45, 2.75) is 112 Å². The van der Waals surface area contributed by atoms with Crippen molar-refractivity contribution < 1.29 is 9.53 Å². The largest absolute Gasteiger partial charge is 0.478 e. The third-order valence-electron chi connectivity index (χ3n) is 12.1.